The lowest BCUT2D eigenvalue weighted by Crippen LogP contribution is -2.58. The highest BCUT2D eigenvalue weighted by atomic mass is 16.4. The van der Waals surface area contributed by atoms with E-state index in [2.05, 4.69) is 0 Å². The van der Waals surface area contributed by atoms with Crippen molar-refractivity contribution >= 4 is 11.9 Å². The fourth-order valence-electron chi connectivity index (χ4n) is 0.730. The standard InChI is InChI=1S/C6H12N2O3/c1-2-3-6(8,4(7)9)5(10)11/h2-3,8H2,1H3,(H2,7,9)(H,10,11). The van der Waals surface area contributed by atoms with Gasteiger partial charge in [-0.15, -0.1) is 0 Å². The zero-order valence-corrected chi connectivity index (χ0v) is 6.33. The molecule has 0 aliphatic carbocycles. The predicted molar refractivity (Wildman–Crippen MR) is 38.7 cm³/mol. The van der Waals surface area contributed by atoms with E-state index in [0.29, 0.717) is 6.42 Å². The van der Waals surface area contributed by atoms with Gasteiger partial charge in [0, 0.05) is 0 Å². The van der Waals surface area contributed by atoms with Crippen LogP contribution in [0.2, 0.25) is 0 Å². The summed E-state index contributed by atoms with van der Waals surface area (Å²) < 4.78 is 0. The molecule has 0 saturated heterocycles. The van der Waals surface area contributed by atoms with Crippen molar-refractivity contribution in [1.29, 1.82) is 0 Å². The number of carbonyl (C=O) groups excluding carboxylic acids is 1. The molecule has 0 aromatic carbocycles. The van der Waals surface area contributed by atoms with Gasteiger partial charge in [0.1, 0.15) is 0 Å². The first-order chi connectivity index (χ1) is 4.95. The van der Waals surface area contributed by atoms with Gasteiger partial charge in [0.15, 0.2) is 5.54 Å². The van der Waals surface area contributed by atoms with Gasteiger partial charge >= 0.3 is 5.97 Å². The normalized spacial score (nSPS) is 15.5. The van der Waals surface area contributed by atoms with Crippen LogP contribution in [0.15, 0.2) is 0 Å². The summed E-state index contributed by atoms with van der Waals surface area (Å²) in [4.78, 5) is 21.0. The number of rotatable bonds is 4. The molecule has 0 radical (unpaired) electrons. The lowest BCUT2D eigenvalue weighted by Gasteiger charge is -2.19. The minimum atomic E-state index is -1.89. The lowest BCUT2D eigenvalue weighted by atomic mass is 9.94. The second-order valence-corrected chi connectivity index (χ2v) is 2.39. The van der Waals surface area contributed by atoms with Gasteiger partial charge in [-0.25, -0.2) is 4.79 Å². The molecule has 0 rings (SSSR count). The van der Waals surface area contributed by atoms with Crippen LogP contribution in [0.3, 0.4) is 0 Å². The van der Waals surface area contributed by atoms with E-state index in [9.17, 15) is 9.59 Å². The average molecular weight is 160 g/mol. The van der Waals surface area contributed by atoms with E-state index in [1.165, 1.54) is 0 Å². The maximum Gasteiger partial charge on any atom is 0.333 e. The summed E-state index contributed by atoms with van der Waals surface area (Å²) in [6, 6.07) is 0. The molecule has 0 saturated carbocycles. The fourth-order valence-corrected chi connectivity index (χ4v) is 0.730. The number of carbonyl (C=O) groups is 2. The van der Waals surface area contributed by atoms with Crippen molar-refractivity contribution in [1.82, 2.24) is 0 Å². The number of primary amides is 1. The van der Waals surface area contributed by atoms with Crippen molar-refractivity contribution in [3.63, 3.8) is 0 Å². The van der Waals surface area contributed by atoms with Crippen LogP contribution in [0.5, 0.6) is 0 Å². The van der Waals surface area contributed by atoms with Gasteiger partial charge in [0.05, 0.1) is 0 Å². The van der Waals surface area contributed by atoms with Gasteiger partial charge < -0.3 is 16.6 Å². The van der Waals surface area contributed by atoms with Crippen LogP contribution < -0.4 is 11.5 Å². The quantitative estimate of drug-likeness (QED) is 0.461. The number of aliphatic carboxylic acids is 1. The van der Waals surface area contributed by atoms with E-state index < -0.39 is 17.4 Å². The Bertz CT molecular complexity index is 165. The minimum absolute atomic E-state index is 0.0671. The minimum Gasteiger partial charge on any atom is -0.479 e. The molecule has 64 valence electrons. The monoisotopic (exact) mass is 160 g/mol. The van der Waals surface area contributed by atoms with Crippen molar-refractivity contribution in [3.05, 3.63) is 0 Å². The second-order valence-electron chi connectivity index (χ2n) is 2.39. The summed E-state index contributed by atoms with van der Waals surface area (Å²) in [5.41, 5.74) is 8.14. The molecule has 0 aliphatic rings. The summed E-state index contributed by atoms with van der Waals surface area (Å²) in [6.45, 7) is 1.73. The van der Waals surface area contributed by atoms with Crippen LogP contribution in [-0.2, 0) is 9.59 Å². The Labute approximate surface area is 64.4 Å². The van der Waals surface area contributed by atoms with Crippen molar-refractivity contribution in [2.75, 3.05) is 0 Å². The largest absolute Gasteiger partial charge is 0.479 e. The zero-order chi connectivity index (χ0) is 9.07. The van der Waals surface area contributed by atoms with Gasteiger partial charge in [0.25, 0.3) is 0 Å². The molecule has 5 N–H and O–H groups in total. The number of carboxylic acids is 1. The molecule has 0 spiro atoms. The van der Waals surface area contributed by atoms with Crippen molar-refractivity contribution in [2.24, 2.45) is 11.5 Å². The average Bonchev–Trinajstić information content (AvgIpc) is 1.87. The van der Waals surface area contributed by atoms with E-state index in [0.717, 1.165) is 0 Å². The maximum atomic E-state index is 10.6. The highest BCUT2D eigenvalue weighted by molar-refractivity contribution is 6.05. The van der Waals surface area contributed by atoms with Crippen molar-refractivity contribution < 1.29 is 14.7 Å². The van der Waals surface area contributed by atoms with E-state index in [4.69, 9.17) is 16.6 Å². The van der Waals surface area contributed by atoms with Crippen LogP contribution in [0.4, 0.5) is 0 Å². The highest BCUT2D eigenvalue weighted by Crippen LogP contribution is 2.08. The smallest absolute Gasteiger partial charge is 0.333 e. The molecule has 0 fully saturated rings. The lowest BCUT2D eigenvalue weighted by molar-refractivity contribution is -0.148. The van der Waals surface area contributed by atoms with Crippen LogP contribution in [0, 0.1) is 0 Å². The van der Waals surface area contributed by atoms with Gasteiger partial charge in [-0.3, -0.25) is 4.79 Å². The molecular formula is C6H12N2O3. The number of amides is 1. The second kappa shape index (κ2) is 3.34. The summed E-state index contributed by atoms with van der Waals surface area (Å²) in [6.07, 6.45) is 0.573. The highest BCUT2D eigenvalue weighted by Gasteiger charge is 2.39. The Morgan fingerprint density at radius 3 is 2.09 bits per heavy atom. The van der Waals surface area contributed by atoms with Crippen LogP contribution >= 0.6 is 0 Å². The van der Waals surface area contributed by atoms with Crippen molar-refractivity contribution in [2.45, 2.75) is 25.3 Å². The fraction of sp³-hybridized carbons (Fsp3) is 0.667. The van der Waals surface area contributed by atoms with E-state index in [1.54, 1.807) is 6.92 Å². The SMILES string of the molecule is CCCC(N)(C(N)=O)C(=O)O. The van der Waals surface area contributed by atoms with Gasteiger partial charge in [-0.05, 0) is 6.42 Å². The van der Waals surface area contributed by atoms with Gasteiger partial charge in [-0.2, -0.15) is 0 Å². The third-order valence-electron chi connectivity index (χ3n) is 1.47. The molecule has 0 aromatic rings. The molecule has 0 bridgehead atoms. The van der Waals surface area contributed by atoms with Crippen LogP contribution in [-0.4, -0.2) is 22.5 Å². The van der Waals surface area contributed by atoms with Crippen LogP contribution in [0.1, 0.15) is 19.8 Å². The molecule has 0 heterocycles. The predicted octanol–water partition coefficient (Wildman–Crippen LogP) is -0.946. The summed E-state index contributed by atoms with van der Waals surface area (Å²) in [5.74, 6) is -2.36. The Kier molecular flexibility index (Phi) is 3.00. The van der Waals surface area contributed by atoms with E-state index >= 15 is 0 Å². The molecule has 5 heteroatoms. The number of hydrogen-bond donors (Lipinski definition) is 3. The zero-order valence-electron chi connectivity index (χ0n) is 6.33. The third-order valence-corrected chi connectivity index (χ3v) is 1.47. The Morgan fingerprint density at radius 2 is 2.00 bits per heavy atom. The summed E-state index contributed by atoms with van der Waals surface area (Å²) in [5, 5.41) is 8.51. The van der Waals surface area contributed by atoms with Gasteiger partial charge in [-0.1, -0.05) is 13.3 Å². The van der Waals surface area contributed by atoms with Crippen LogP contribution in [0.25, 0.3) is 0 Å². The molecule has 11 heavy (non-hydrogen) atoms. The molecule has 0 aromatic heterocycles. The molecule has 1 atom stereocenters. The third kappa shape index (κ3) is 1.91. The molecule has 1 amide bonds. The number of carboxylic acid groups (broad SMARTS) is 1. The maximum absolute atomic E-state index is 10.6. The molecule has 1 unspecified atom stereocenters. The number of hydrogen-bond acceptors (Lipinski definition) is 3. The molecule has 5 nitrogen and oxygen atoms in total. The van der Waals surface area contributed by atoms with E-state index in [-0.39, 0.29) is 6.42 Å². The first-order valence-electron chi connectivity index (χ1n) is 3.27. The first kappa shape index (κ1) is 9.90. The Balaban J connectivity index is 4.52. The Hall–Kier alpha value is -1.10. The van der Waals surface area contributed by atoms with E-state index in [1.807, 2.05) is 0 Å². The molecule has 0 aliphatic heterocycles. The van der Waals surface area contributed by atoms with Gasteiger partial charge in [0.2, 0.25) is 5.91 Å². The van der Waals surface area contributed by atoms with Crippen molar-refractivity contribution in [3.8, 4) is 0 Å². The summed E-state index contributed by atoms with van der Waals surface area (Å²) in [7, 11) is 0. The summed E-state index contributed by atoms with van der Waals surface area (Å²) >= 11 is 0. The molecular weight excluding hydrogens is 148 g/mol. The Morgan fingerprint density at radius 1 is 1.55 bits per heavy atom. The number of nitrogens with two attached hydrogens (primary N) is 2. The first-order valence-corrected chi connectivity index (χ1v) is 3.27. The topological polar surface area (TPSA) is 106 Å².